The lowest BCUT2D eigenvalue weighted by atomic mass is 9.92. The molecule has 0 radical (unpaired) electrons. The van der Waals surface area contributed by atoms with Crippen LogP contribution in [0.4, 0.5) is 0 Å². The Morgan fingerprint density at radius 3 is 3.12 bits per heavy atom. The maximum atomic E-state index is 12.3. The lowest BCUT2D eigenvalue weighted by molar-refractivity contribution is -0.136. The Hall–Kier alpha value is -0.550. The summed E-state index contributed by atoms with van der Waals surface area (Å²) in [4.78, 5) is 18.8. The van der Waals surface area contributed by atoms with Crippen LogP contribution in [0.15, 0.2) is 4.99 Å². The van der Waals surface area contributed by atoms with Crippen LogP contribution in [0.3, 0.4) is 0 Å². The fourth-order valence-electron chi connectivity index (χ4n) is 2.31. The number of hydrogen-bond acceptors (Lipinski definition) is 4. The van der Waals surface area contributed by atoms with E-state index in [9.17, 15) is 4.79 Å². The zero-order valence-corrected chi connectivity index (χ0v) is 10.6. The summed E-state index contributed by atoms with van der Waals surface area (Å²) in [5.41, 5.74) is 0. The summed E-state index contributed by atoms with van der Waals surface area (Å²) in [6.45, 7) is 4.03. The number of rotatable bonds is 3. The molecule has 1 fully saturated rings. The fraction of sp³-hybridized carbons (Fsp3) is 0.818. The average molecular weight is 242 g/mol. The molecule has 0 aromatic carbocycles. The van der Waals surface area contributed by atoms with Crippen LogP contribution in [0, 0.1) is 5.92 Å². The number of thioether (sulfide) groups is 1. The van der Waals surface area contributed by atoms with Crippen LogP contribution in [-0.2, 0) is 9.53 Å². The van der Waals surface area contributed by atoms with E-state index < -0.39 is 0 Å². The Morgan fingerprint density at radius 2 is 2.44 bits per heavy atom. The SMILES string of the molecule is CCN1C(=O)C2CCOCC2N=C1CSC. The normalized spacial score (nSPS) is 30.0. The molecule has 0 N–H and O–H groups in total. The van der Waals surface area contributed by atoms with Crippen molar-refractivity contribution in [2.24, 2.45) is 10.9 Å². The maximum absolute atomic E-state index is 12.3. The second-order valence-corrected chi connectivity index (χ2v) is 4.96. The fourth-order valence-corrected chi connectivity index (χ4v) is 2.80. The number of amidine groups is 1. The Bertz CT molecular complexity index is 306. The monoisotopic (exact) mass is 242 g/mol. The van der Waals surface area contributed by atoms with Crippen molar-refractivity contribution in [1.82, 2.24) is 4.90 Å². The Balaban J connectivity index is 2.22. The zero-order chi connectivity index (χ0) is 11.5. The lowest BCUT2D eigenvalue weighted by Gasteiger charge is -2.38. The molecule has 2 heterocycles. The van der Waals surface area contributed by atoms with Crippen LogP contribution in [-0.4, -0.2) is 54.5 Å². The number of nitrogens with zero attached hydrogens (tertiary/aromatic N) is 2. The molecule has 2 rings (SSSR count). The molecule has 2 unspecified atom stereocenters. The molecule has 2 aliphatic rings. The highest BCUT2D eigenvalue weighted by Crippen LogP contribution is 2.26. The van der Waals surface area contributed by atoms with Crippen molar-refractivity contribution >= 4 is 23.5 Å². The Morgan fingerprint density at radius 1 is 1.62 bits per heavy atom. The van der Waals surface area contributed by atoms with Crippen molar-refractivity contribution in [1.29, 1.82) is 0 Å². The smallest absolute Gasteiger partial charge is 0.233 e. The van der Waals surface area contributed by atoms with Gasteiger partial charge in [-0.3, -0.25) is 14.7 Å². The molecular formula is C11H18N2O2S. The second kappa shape index (κ2) is 5.19. The maximum Gasteiger partial charge on any atom is 0.233 e. The summed E-state index contributed by atoms with van der Waals surface area (Å²) in [5, 5.41) is 0. The van der Waals surface area contributed by atoms with E-state index in [4.69, 9.17) is 4.74 Å². The number of hydrogen-bond donors (Lipinski definition) is 0. The highest BCUT2D eigenvalue weighted by atomic mass is 32.2. The van der Waals surface area contributed by atoms with E-state index >= 15 is 0 Å². The van der Waals surface area contributed by atoms with Gasteiger partial charge in [0.1, 0.15) is 5.84 Å². The molecule has 5 heteroatoms. The molecule has 0 saturated carbocycles. The molecule has 1 amide bonds. The predicted octanol–water partition coefficient (Wildman–Crippen LogP) is 1.02. The number of fused-ring (bicyclic) bond motifs is 1. The summed E-state index contributed by atoms with van der Waals surface area (Å²) >= 11 is 1.70. The van der Waals surface area contributed by atoms with E-state index in [1.54, 1.807) is 11.8 Å². The number of aliphatic imine (C=N–C) groups is 1. The topological polar surface area (TPSA) is 41.9 Å². The van der Waals surface area contributed by atoms with E-state index in [1.165, 1.54) is 0 Å². The average Bonchev–Trinajstić information content (AvgIpc) is 2.30. The van der Waals surface area contributed by atoms with Gasteiger partial charge >= 0.3 is 0 Å². The van der Waals surface area contributed by atoms with Gasteiger partial charge in [0.2, 0.25) is 5.91 Å². The molecule has 2 atom stereocenters. The van der Waals surface area contributed by atoms with Crippen molar-refractivity contribution in [3.8, 4) is 0 Å². The third-order valence-corrected chi connectivity index (χ3v) is 3.67. The van der Waals surface area contributed by atoms with Crippen molar-refractivity contribution in [2.45, 2.75) is 19.4 Å². The van der Waals surface area contributed by atoms with Gasteiger partial charge in [-0.25, -0.2) is 0 Å². The van der Waals surface area contributed by atoms with E-state index in [0.717, 1.165) is 24.6 Å². The third-order valence-electron chi connectivity index (χ3n) is 3.13. The third kappa shape index (κ3) is 2.11. The van der Waals surface area contributed by atoms with Crippen LogP contribution in [0.1, 0.15) is 13.3 Å². The first kappa shape index (κ1) is 11.9. The summed E-state index contributed by atoms with van der Waals surface area (Å²) in [6.07, 6.45) is 2.85. The highest BCUT2D eigenvalue weighted by molar-refractivity contribution is 7.99. The number of carbonyl (C=O) groups is 1. The van der Waals surface area contributed by atoms with Gasteiger partial charge in [0.25, 0.3) is 0 Å². The van der Waals surface area contributed by atoms with Crippen LogP contribution in [0.2, 0.25) is 0 Å². The lowest BCUT2D eigenvalue weighted by Crippen LogP contribution is -2.52. The summed E-state index contributed by atoms with van der Waals surface area (Å²) in [6, 6.07) is 0.0613. The first-order valence-corrected chi connectivity index (χ1v) is 7.12. The van der Waals surface area contributed by atoms with E-state index in [2.05, 4.69) is 4.99 Å². The van der Waals surface area contributed by atoms with Gasteiger partial charge in [-0.1, -0.05) is 0 Å². The number of ether oxygens (including phenoxy) is 1. The van der Waals surface area contributed by atoms with Gasteiger partial charge in [0.15, 0.2) is 0 Å². The minimum Gasteiger partial charge on any atom is -0.379 e. The van der Waals surface area contributed by atoms with E-state index in [1.807, 2.05) is 18.1 Å². The quantitative estimate of drug-likeness (QED) is 0.742. The molecule has 2 aliphatic heterocycles. The molecular weight excluding hydrogens is 224 g/mol. The molecule has 16 heavy (non-hydrogen) atoms. The van der Waals surface area contributed by atoms with Gasteiger partial charge in [-0.05, 0) is 19.6 Å². The molecule has 0 aliphatic carbocycles. The van der Waals surface area contributed by atoms with Crippen molar-refractivity contribution in [2.75, 3.05) is 31.8 Å². The van der Waals surface area contributed by atoms with Gasteiger partial charge in [0, 0.05) is 13.2 Å². The largest absolute Gasteiger partial charge is 0.379 e. The van der Waals surface area contributed by atoms with Crippen LogP contribution in [0.5, 0.6) is 0 Å². The first-order chi connectivity index (χ1) is 7.77. The van der Waals surface area contributed by atoms with Gasteiger partial charge in [-0.15, -0.1) is 0 Å². The second-order valence-electron chi connectivity index (χ2n) is 4.10. The zero-order valence-electron chi connectivity index (χ0n) is 9.81. The van der Waals surface area contributed by atoms with E-state index in [0.29, 0.717) is 13.2 Å². The molecule has 0 spiro atoms. The Kier molecular flexibility index (Phi) is 3.86. The molecule has 0 aromatic rings. The summed E-state index contributed by atoms with van der Waals surface area (Å²) in [5.74, 6) is 2.03. The molecule has 1 saturated heterocycles. The van der Waals surface area contributed by atoms with Crippen LogP contribution < -0.4 is 0 Å². The van der Waals surface area contributed by atoms with E-state index in [-0.39, 0.29) is 17.9 Å². The molecule has 0 aromatic heterocycles. The number of carbonyl (C=O) groups excluding carboxylic acids is 1. The summed E-state index contributed by atoms with van der Waals surface area (Å²) < 4.78 is 5.40. The van der Waals surface area contributed by atoms with Crippen LogP contribution >= 0.6 is 11.8 Å². The standard InChI is InChI=1S/C11H18N2O2S/c1-3-13-10(7-16-2)12-9-6-15-5-4-8(9)11(13)14/h8-9H,3-7H2,1-2H3. The summed E-state index contributed by atoms with van der Waals surface area (Å²) in [7, 11) is 0. The Labute approximate surface area is 100 Å². The molecule has 0 bridgehead atoms. The van der Waals surface area contributed by atoms with Gasteiger partial charge in [0.05, 0.1) is 24.3 Å². The van der Waals surface area contributed by atoms with Gasteiger partial charge in [-0.2, -0.15) is 11.8 Å². The highest BCUT2D eigenvalue weighted by Gasteiger charge is 2.39. The van der Waals surface area contributed by atoms with Crippen molar-refractivity contribution in [3.05, 3.63) is 0 Å². The minimum absolute atomic E-state index is 0.0549. The molecule has 4 nitrogen and oxygen atoms in total. The minimum atomic E-state index is 0.0549. The van der Waals surface area contributed by atoms with Crippen molar-refractivity contribution in [3.63, 3.8) is 0 Å². The first-order valence-electron chi connectivity index (χ1n) is 5.72. The van der Waals surface area contributed by atoms with Gasteiger partial charge < -0.3 is 4.74 Å². The van der Waals surface area contributed by atoms with Crippen molar-refractivity contribution < 1.29 is 9.53 Å². The predicted molar refractivity (Wildman–Crippen MR) is 65.9 cm³/mol. The molecule has 90 valence electrons. The number of amides is 1. The van der Waals surface area contributed by atoms with Crippen LogP contribution in [0.25, 0.3) is 0 Å².